The normalized spacial score (nSPS) is 16.2. The van der Waals surface area contributed by atoms with Gasteiger partial charge in [0, 0.05) is 6.04 Å². The number of guanidine groups is 1. The molecule has 0 aromatic heterocycles. The Balaban J connectivity index is 2.00. The van der Waals surface area contributed by atoms with E-state index in [1.165, 1.54) is 12.1 Å². The van der Waals surface area contributed by atoms with Crippen molar-refractivity contribution in [1.82, 2.24) is 10.7 Å². The van der Waals surface area contributed by atoms with Gasteiger partial charge in [-0.2, -0.15) is 0 Å². The first-order valence-electron chi connectivity index (χ1n) is 5.88. The fraction of sp³-hybridized carbons (Fsp3) is 0.364. The first-order valence-corrected chi connectivity index (χ1v) is 7.43. The number of hydrogen-bond acceptors (Lipinski definition) is 4. The van der Waals surface area contributed by atoms with Crippen LogP contribution in [-0.2, 0) is 16.6 Å². The van der Waals surface area contributed by atoms with Crippen molar-refractivity contribution in [3.8, 4) is 0 Å². The van der Waals surface area contributed by atoms with Crippen molar-refractivity contribution in [3.63, 3.8) is 0 Å². The van der Waals surface area contributed by atoms with Crippen LogP contribution >= 0.6 is 0 Å². The van der Waals surface area contributed by atoms with Crippen molar-refractivity contribution in [2.75, 3.05) is 0 Å². The lowest BCUT2D eigenvalue weighted by atomic mass is 10.2. The molecule has 0 atom stereocenters. The van der Waals surface area contributed by atoms with Gasteiger partial charge in [-0.05, 0) is 30.5 Å². The molecule has 19 heavy (non-hydrogen) atoms. The number of hydrogen-bond donors (Lipinski definition) is 4. The number of benzene rings is 1. The number of primary sulfonamides is 1. The fourth-order valence-corrected chi connectivity index (χ4v) is 2.02. The maximum absolute atomic E-state index is 11.1. The predicted octanol–water partition coefficient (Wildman–Crippen LogP) is -0.595. The second-order valence-corrected chi connectivity index (χ2v) is 5.98. The first-order chi connectivity index (χ1) is 8.99. The smallest absolute Gasteiger partial charge is 0.238 e. The largest absolute Gasteiger partial charge is 0.353 e. The number of nitrogens with one attached hydrogen (secondary N) is 2. The van der Waals surface area contributed by atoms with Gasteiger partial charge in [-0.1, -0.05) is 12.1 Å². The number of sulfonamides is 1. The van der Waals surface area contributed by atoms with Crippen molar-refractivity contribution < 1.29 is 8.42 Å². The van der Waals surface area contributed by atoms with E-state index in [1.54, 1.807) is 12.1 Å². The third-order valence-corrected chi connectivity index (χ3v) is 3.66. The zero-order valence-electron chi connectivity index (χ0n) is 10.3. The molecule has 8 heteroatoms. The highest BCUT2D eigenvalue weighted by Crippen LogP contribution is 2.18. The van der Waals surface area contributed by atoms with E-state index in [0.29, 0.717) is 18.5 Å². The SMILES string of the molecule is NNC(=NCc1ccc(S(N)(=O)=O)cc1)NC1CC1. The third kappa shape index (κ3) is 4.19. The van der Waals surface area contributed by atoms with Gasteiger partial charge in [0.1, 0.15) is 0 Å². The van der Waals surface area contributed by atoms with Gasteiger partial charge in [0.2, 0.25) is 16.0 Å². The Morgan fingerprint density at radius 1 is 1.32 bits per heavy atom. The molecule has 1 aliphatic rings. The van der Waals surface area contributed by atoms with E-state index >= 15 is 0 Å². The summed E-state index contributed by atoms with van der Waals surface area (Å²) in [5.41, 5.74) is 3.38. The first kappa shape index (κ1) is 13.8. The average Bonchev–Trinajstić information content (AvgIpc) is 3.18. The Kier molecular flexibility index (Phi) is 4.03. The van der Waals surface area contributed by atoms with Crippen LogP contribution in [-0.4, -0.2) is 20.4 Å². The molecule has 0 heterocycles. The molecule has 0 aliphatic heterocycles. The summed E-state index contributed by atoms with van der Waals surface area (Å²) in [6.45, 7) is 0.407. The molecule has 2 rings (SSSR count). The summed E-state index contributed by atoms with van der Waals surface area (Å²) in [6, 6.07) is 6.73. The van der Waals surface area contributed by atoms with Crippen molar-refractivity contribution in [2.24, 2.45) is 16.0 Å². The van der Waals surface area contributed by atoms with Gasteiger partial charge >= 0.3 is 0 Å². The second-order valence-electron chi connectivity index (χ2n) is 4.42. The molecule has 0 radical (unpaired) electrons. The minimum atomic E-state index is -3.64. The molecular formula is C11H17N5O2S. The van der Waals surface area contributed by atoms with Gasteiger partial charge < -0.3 is 5.32 Å². The Morgan fingerprint density at radius 2 is 1.95 bits per heavy atom. The van der Waals surface area contributed by atoms with Crippen LogP contribution in [0.4, 0.5) is 0 Å². The van der Waals surface area contributed by atoms with Gasteiger partial charge in [0.25, 0.3) is 0 Å². The van der Waals surface area contributed by atoms with Gasteiger partial charge in [0.15, 0.2) is 0 Å². The maximum atomic E-state index is 11.1. The van der Waals surface area contributed by atoms with Gasteiger partial charge in [0.05, 0.1) is 11.4 Å². The molecule has 0 spiro atoms. The van der Waals surface area contributed by atoms with Crippen LogP contribution in [0.2, 0.25) is 0 Å². The monoisotopic (exact) mass is 283 g/mol. The average molecular weight is 283 g/mol. The van der Waals surface area contributed by atoms with E-state index < -0.39 is 10.0 Å². The molecule has 1 saturated carbocycles. The zero-order valence-corrected chi connectivity index (χ0v) is 11.2. The summed E-state index contributed by atoms with van der Waals surface area (Å²) >= 11 is 0. The van der Waals surface area contributed by atoms with Crippen LogP contribution in [0.3, 0.4) is 0 Å². The molecule has 1 aromatic rings. The molecule has 0 bridgehead atoms. The lowest BCUT2D eigenvalue weighted by Gasteiger charge is -2.07. The Hall–Kier alpha value is -1.64. The van der Waals surface area contributed by atoms with Crippen LogP contribution in [0.15, 0.2) is 34.2 Å². The highest BCUT2D eigenvalue weighted by atomic mass is 32.2. The number of rotatable bonds is 4. The minimum absolute atomic E-state index is 0.0912. The number of nitrogens with two attached hydrogens (primary N) is 2. The predicted molar refractivity (Wildman–Crippen MR) is 72.4 cm³/mol. The minimum Gasteiger partial charge on any atom is -0.353 e. The molecule has 1 aromatic carbocycles. The molecule has 0 unspecified atom stereocenters. The zero-order chi connectivity index (χ0) is 13.9. The number of aliphatic imine (C=N–C) groups is 1. The summed E-state index contributed by atoms with van der Waals surface area (Å²) < 4.78 is 22.2. The van der Waals surface area contributed by atoms with Gasteiger partial charge in [-0.3, -0.25) is 5.43 Å². The van der Waals surface area contributed by atoms with Gasteiger partial charge in [-0.15, -0.1) is 0 Å². The molecule has 1 fully saturated rings. The van der Waals surface area contributed by atoms with Gasteiger partial charge in [-0.25, -0.2) is 24.4 Å². The van der Waals surface area contributed by atoms with E-state index in [-0.39, 0.29) is 4.90 Å². The van der Waals surface area contributed by atoms with Crippen LogP contribution in [0.5, 0.6) is 0 Å². The molecule has 6 N–H and O–H groups in total. The van der Waals surface area contributed by atoms with E-state index in [9.17, 15) is 8.42 Å². The highest BCUT2D eigenvalue weighted by Gasteiger charge is 2.21. The fourth-order valence-electron chi connectivity index (χ4n) is 1.51. The highest BCUT2D eigenvalue weighted by molar-refractivity contribution is 7.89. The van der Waals surface area contributed by atoms with E-state index in [1.807, 2.05) is 0 Å². The van der Waals surface area contributed by atoms with Crippen molar-refractivity contribution in [2.45, 2.75) is 30.3 Å². The van der Waals surface area contributed by atoms with Crippen LogP contribution < -0.4 is 21.7 Å². The van der Waals surface area contributed by atoms with Crippen LogP contribution in [0, 0.1) is 0 Å². The second kappa shape index (κ2) is 5.55. The molecule has 7 nitrogen and oxygen atoms in total. The molecule has 0 saturated heterocycles. The molecule has 0 amide bonds. The van der Waals surface area contributed by atoms with Crippen molar-refractivity contribution in [1.29, 1.82) is 0 Å². The quantitative estimate of drug-likeness (QED) is 0.254. The van der Waals surface area contributed by atoms with Crippen LogP contribution in [0.1, 0.15) is 18.4 Å². The standard InChI is InChI=1S/C11H17N5O2S/c12-16-11(15-9-3-4-9)14-7-8-1-5-10(6-2-8)19(13,17)18/h1-2,5-6,9H,3-4,7,12H2,(H2,13,17,18)(H2,14,15,16). The van der Waals surface area contributed by atoms with Crippen molar-refractivity contribution >= 4 is 16.0 Å². The van der Waals surface area contributed by atoms with E-state index in [2.05, 4.69) is 15.7 Å². The summed E-state index contributed by atoms with van der Waals surface area (Å²) in [4.78, 5) is 4.36. The lowest BCUT2D eigenvalue weighted by molar-refractivity contribution is 0.598. The molecule has 1 aliphatic carbocycles. The Morgan fingerprint density at radius 3 is 2.42 bits per heavy atom. The summed E-state index contributed by atoms with van der Waals surface area (Å²) in [5, 5.41) is 8.16. The Labute approximate surface area is 112 Å². The summed E-state index contributed by atoms with van der Waals surface area (Å²) in [5.74, 6) is 5.89. The number of hydrazine groups is 1. The third-order valence-electron chi connectivity index (χ3n) is 2.73. The molecular weight excluding hydrogens is 266 g/mol. The lowest BCUT2D eigenvalue weighted by Crippen LogP contribution is -2.42. The van der Waals surface area contributed by atoms with Crippen LogP contribution in [0.25, 0.3) is 0 Å². The maximum Gasteiger partial charge on any atom is 0.238 e. The van der Waals surface area contributed by atoms with Crippen molar-refractivity contribution in [3.05, 3.63) is 29.8 Å². The Bertz CT molecular complexity index is 563. The summed E-state index contributed by atoms with van der Waals surface area (Å²) in [7, 11) is -3.64. The van der Waals surface area contributed by atoms with E-state index in [4.69, 9.17) is 11.0 Å². The summed E-state index contributed by atoms with van der Waals surface area (Å²) in [6.07, 6.45) is 2.26. The molecule has 104 valence electrons. The van der Waals surface area contributed by atoms with E-state index in [0.717, 1.165) is 18.4 Å². The number of nitrogens with zero attached hydrogens (tertiary/aromatic N) is 1. The topological polar surface area (TPSA) is 123 Å².